The molecule has 2 fully saturated rings. The van der Waals surface area contributed by atoms with Gasteiger partial charge in [-0.2, -0.15) is 0 Å². The highest BCUT2D eigenvalue weighted by Crippen LogP contribution is 2.31. The zero-order valence-electron chi connectivity index (χ0n) is 11.2. The van der Waals surface area contributed by atoms with Gasteiger partial charge in [-0.15, -0.1) is 0 Å². The normalized spacial score (nSPS) is 30.6. The number of fused-ring (bicyclic) bond motifs is 1. The maximum atomic E-state index is 11.7. The van der Waals surface area contributed by atoms with Crippen LogP contribution < -0.4 is 0 Å². The summed E-state index contributed by atoms with van der Waals surface area (Å²) in [5.41, 5.74) is 0. The number of hydrogen-bond donors (Lipinski definition) is 0. The number of ether oxygens (including phenoxy) is 1. The first kappa shape index (κ1) is 14.3. The van der Waals surface area contributed by atoms with Gasteiger partial charge >= 0.3 is 5.97 Å². The molecule has 0 spiro atoms. The minimum atomic E-state index is -0.136. The molecule has 2 rings (SSSR count). The molecule has 0 amide bonds. The highest BCUT2D eigenvalue weighted by Gasteiger charge is 2.33. The largest absolute Gasteiger partial charge is 0.464 e. The van der Waals surface area contributed by atoms with Crippen molar-refractivity contribution < 1.29 is 9.53 Å². The van der Waals surface area contributed by atoms with E-state index < -0.39 is 0 Å². The molecule has 0 aromatic carbocycles. The number of alkyl halides is 1. The number of carbonyl (C=O) groups excluding carboxylic acids is 1. The Kier molecular flexibility index (Phi) is 5.49. The van der Waals surface area contributed by atoms with E-state index in [9.17, 15) is 4.79 Å². The van der Waals surface area contributed by atoms with E-state index in [2.05, 4.69) is 20.8 Å². The van der Waals surface area contributed by atoms with Gasteiger partial charge in [0.2, 0.25) is 0 Å². The van der Waals surface area contributed by atoms with Crippen LogP contribution in [-0.4, -0.2) is 41.4 Å². The summed E-state index contributed by atoms with van der Waals surface area (Å²) in [6, 6.07) is 0.663. The summed E-state index contributed by atoms with van der Waals surface area (Å²) < 4.78 is 5.47. The van der Waals surface area contributed by atoms with E-state index in [1.54, 1.807) is 0 Å². The quantitative estimate of drug-likeness (QED) is 0.589. The minimum absolute atomic E-state index is 0.0922. The van der Waals surface area contributed by atoms with Crippen molar-refractivity contribution in [2.45, 2.75) is 56.3 Å². The standard InChI is InChI=1S/C14H24BrNO2/c1-2-12(15)14(17)18-10-11-6-5-9-16-8-4-3-7-13(11)16/h11-13H,2-10H2,1H3. The summed E-state index contributed by atoms with van der Waals surface area (Å²) in [5.74, 6) is 0.463. The van der Waals surface area contributed by atoms with E-state index in [1.807, 2.05) is 6.92 Å². The molecule has 104 valence electrons. The predicted molar refractivity (Wildman–Crippen MR) is 75.9 cm³/mol. The molecule has 2 aliphatic rings. The molecule has 0 saturated carbocycles. The van der Waals surface area contributed by atoms with Gasteiger partial charge in [0.15, 0.2) is 0 Å². The first-order valence-corrected chi connectivity index (χ1v) is 8.18. The molecule has 0 aliphatic carbocycles. The van der Waals surface area contributed by atoms with Gasteiger partial charge in [0, 0.05) is 12.0 Å². The van der Waals surface area contributed by atoms with Crippen molar-refractivity contribution in [1.29, 1.82) is 0 Å². The zero-order valence-corrected chi connectivity index (χ0v) is 12.8. The summed E-state index contributed by atoms with van der Waals surface area (Å²) in [7, 11) is 0. The molecule has 2 heterocycles. The lowest BCUT2D eigenvalue weighted by atomic mass is 9.84. The summed E-state index contributed by atoms with van der Waals surface area (Å²) >= 11 is 3.35. The summed E-state index contributed by atoms with van der Waals surface area (Å²) in [4.78, 5) is 14.2. The average molecular weight is 318 g/mol. The number of nitrogens with zero attached hydrogens (tertiary/aromatic N) is 1. The minimum Gasteiger partial charge on any atom is -0.464 e. The number of piperidine rings is 2. The Bertz CT molecular complexity index is 283. The lowest BCUT2D eigenvalue weighted by molar-refractivity contribution is -0.145. The van der Waals surface area contributed by atoms with E-state index in [1.165, 1.54) is 45.2 Å². The second kappa shape index (κ2) is 6.90. The van der Waals surface area contributed by atoms with Crippen LogP contribution in [0.2, 0.25) is 0 Å². The Hall–Kier alpha value is -0.0900. The zero-order chi connectivity index (χ0) is 13.0. The second-order valence-electron chi connectivity index (χ2n) is 5.51. The van der Waals surface area contributed by atoms with Crippen molar-refractivity contribution >= 4 is 21.9 Å². The van der Waals surface area contributed by atoms with Crippen LogP contribution in [0.25, 0.3) is 0 Å². The number of hydrogen-bond acceptors (Lipinski definition) is 3. The molecule has 0 bridgehead atoms. The number of rotatable bonds is 4. The molecule has 0 radical (unpaired) electrons. The molecule has 2 aliphatic heterocycles. The van der Waals surface area contributed by atoms with Gasteiger partial charge in [-0.3, -0.25) is 9.69 Å². The predicted octanol–water partition coefficient (Wildman–Crippen LogP) is 2.97. The van der Waals surface area contributed by atoms with E-state index in [-0.39, 0.29) is 10.8 Å². The fourth-order valence-electron chi connectivity index (χ4n) is 3.22. The molecule has 3 atom stereocenters. The Morgan fingerprint density at radius 3 is 2.89 bits per heavy atom. The summed E-state index contributed by atoms with van der Waals surface area (Å²) in [6.07, 6.45) is 7.22. The van der Waals surface area contributed by atoms with Crippen molar-refractivity contribution in [2.24, 2.45) is 5.92 Å². The third-order valence-electron chi connectivity index (χ3n) is 4.28. The van der Waals surface area contributed by atoms with Crippen LogP contribution in [0.15, 0.2) is 0 Å². The van der Waals surface area contributed by atoms with Crippen LogP contribution in [0.3, 0.4) is 0 Å². The first-order chi connectivity index (χ1) is 8.72. The van der Waals surface area contributed by atoms with Gasteiger partial charge in [0.25, 0.3) is 0 Å². The highest BCUT2D eigenvalue weighted by molar-refractivity contribution is 9.10. The van der Waals surface area contributed by atoms with E-state index in [0.717, 1.165) is 6.42 Å². The van der Waals surface area contributed by atoms with Crippen molar-refractivity contribution in [3.8, 4) is 0 Å². The third-order valence-corrected chi connectivity index (χ3v) is 5.30. The van der Waals surface area contributed by atoms with Gasteiger partial charge in [0.1, 0.15) is 4.83 Å². The van der Waals surface area contributed by atoms with Crippen LogP contribution in [0.4, 0.5) is 0 Å². The Balaban J connectivity index is 1.82. The lowest BCUT2D eigenvalue weighted by Gasteiger charge is -2.44. The van der Waals surface area contributed by atoms with Crippen molar-refractivity contribution in [3.63, 3.8) is 0 Å². The SMILES string of the molecule is CCC(Br)C(=O)OCC1CCCN2CCCCC12. The number of halogens is 1. The van der Waals surface area contributed by atoms with Crippen LogP contribution in [0.1, 0.15) is 45.4 Å². The molecule has 3 unspecified atom stereocenters. The maximum Gasteiger partial charge on any atom is 0.319 e. The molecule has 4 heteroatoms. The fraction of sp³-hybridized carbons (Fsp3) is 0.929. The Morgan fingerprint density at radius 1 is 1.33 bits per heavy atom. The number of esters is 1. The highest BCUT2D eigenvalue weighted by atomic mass is 79.9. The lowest BCUT2D eigenvalue weighted by Crippen LogP contribution is -2.49. The first-order valence-electron chi connectivity index (χ1n) is 7.27. The molecule has 0 aromatic rings. The van der Waals surface area contributed by atoms with Gasteiger partial charge in [-0.1, -0.05) is 29.3 Å². The molecule has 18 heavy (non-hydrogen) atoms. The maximum absolute atomic E-state index is 11.7. The smallest absolute Gasteiger partial charge is 0.319 e. The van der Waals surface area contributed by atoms with Crippen molar-refractivity contribution in [2.75, 3.05) is 19.7 Å². The van der Waals surface area contributed by atoms with Gasteiger partial charge in [-0.25, -0.2) is 0 Å². The van der Waals surface area contributed by atoms with Crippen LogP contribution in [0.5, 0.6) is 0 Å². The Labute approximate surface area is 118 Å². The van der Waals surface area contributed by atoms with Crippen molar-refractivity contribution in [3.05, 3.63) is 0 Å². The van der Waals surface area contributed by atoms with Crippen LogP contribution >= 0.6 is 15.9 Å². The molecule has 3 nitrogen and oxygen atoms in total. The van der Waals surface area contributed by atoms with Crippen LogP contribution in [-0.2, 0) is 9.53 Å². The van der Waals surface area contributed by atoms with E-state index >= 15 is 0 Å². The molecular formula is C14H24BrNO2. The van der Waals surface area contributed by atoms with Crippen molar-refractivity contribution in [1.82, 2.24) is 4.90 Å². The fourth-order valence-corrected chi connectivity index (χ4v) is 3.35. The number of carbonyl (C=O) groups is 1. The van der Waals surface area contributed by atoms with Gasteiger partial charge < -0.3 is 4.74 Å². The van der Waals surface area contributed by atoms with Crippen LogP contribution in [0, 0.1) is 5.92 Å². The van der Waals surface area contributed by atoms with Gasteiger partial charge in [-0.05, 0) is 45.2 Å². The second-order valence-corrected chi connectivity index (χ2v) is 6.61. The summed E-state index contributed by atoms with van der Waals surface area (Å²) in [6.45, 7) is 5.09. The molecule has 0 aromatic heterocycles. The molecule has 0 N–H and O–H groups in total. The average Bonchev–Trinajstić information content (AvgIpc) is 2.43. The monoisotopic (exact) mass is 317 g/mol. The molecule has 2 saturated heterocycles. The Morgan fingerprint density at radius 2 is 2.11 bits per heavy atom. The third kappa shape index (κ3) is 3.47. The van der Waals surface area contributed by atoms with E-state index in [0.29, 0.717) is 18.6 Å². The topological polar surface area (TPSA) is 29.5 Å². The van der Waals surface area contributed by atoms with Gasteiger partial charge in [0.05, 0.1) is 6.61 Å². The molecular weight excluding hydrogens is 294 g/mol. The summed E-state index contributed by atoms with van der Waals surface area (Å²) in [5, 5.41) is 0. The van der Waals surface area contributed by atoms with E-state index in [4.69, 9.17) is 4.74 Å².